The number of amides is 1. The first-order valence-electron chi connectivity index (χ1n) is 8.18. The van der Waals surface area contributed by atoms with Crippen molar-refractivity contribution in [1.82, 2.24) is 15.5 Å². The molecular formula is C17H25Cl2N3O. The van der Waals surface area contributed by atoms with E-state index in [-0.39, 0.29) is 5.91 Å². The van der Waals surface area contributed by atoms with Gasteiger partial charge in [-0.05, 0) is 50.6 Å². The third-order valence-electron chi connectivity index (χ3n) is 4.17. The minimum atomic E-state index is 0.170. The standard InChI is InChI=1S/C17H25Cl2N3O/c1-20-8-2-3-17(23)21-14-6-9-22(10-7-14)12-13-4-5-15(18)16(19)11-13/h4-5,11,14,20H,2-3,6-10,12H2,1H3,(H,21,23). The molecule has 128 valence electrons. The molecule has 1 aliphatic heterocycles. The fourth-order valence-electron chi connectivity index (χ4n) is 2.86. The quantitative estimate of drug-likeness (QED) is 0.737. The lowest BCUT2D eigenvalue weighted by atomic mass is 10.0. The summed E-state index contributed by atoms with van der Waals surface area (Å²) in [6.07, 6.45) is 3.49. The fraction of sp³-hybridized carbons (Fsp3) is 0.588. The zero-order valence-electron chi connectivity index (χ0n) is 13.6. The van der Waals surface area contributed by atoms with E-state index in [4.69, 9.17) is 23.2 Å². The summed E-state index contributed by atoms with van der Waals surface area (Å²) < 4.78 is 0. The van der Waals surface area contributed by atoms with Crippen molar-refractivity contribution in [2.75, 3.05) is 26.7 Å². The van der Waals surface area contributed by atoms with Gasteiger partial charge < -0.3 is 10.6 Å². The van der Waals surface area contributed by atoms with Crippen LogP contribution in [0.3, 0.4) is 0 Å². The number of nitrogens with one attached hydrogen (secondary N) is 2. The zero-order valence-corrected chi connectivity index (χ0v) is 15.1. The first kappa shape index (κ1) is 18.5. The fourth-order valence-corrected chi connectivity index (χ4v) is 3.18. The minimum Gasteiger partial charge on any atom is -0.353 e. The Balaban J connectivity index is 1.71. The molecule has 6 heteroatoms. The van der Waals surface area contributed by atoms with Crippen molar-refractivity contribution in [3.05, 3.63) is 33.8 Å². The highest BCUT2D eigenvalue weighted by molar-refractivity contribution is 6.42. The van der Waals surface area contributed by atoms with Gasteiger partial charge in [-0.25, -0.2) is 0 Å². The molecule has 4 nitrogen and oxygen atoms in total. The number of hydrogen-bond donors (Lipinski definition) is 2. The second-order valence-electron chi connectivity index (χ2n) is 6.07. The van der Waals surface area contributed by atoms with E-state index in [1.165, 1.54) is 5.56 Å². The van der Waals surface area contributed by atoms with Crippen molar-refractivity contribution < 1.29 is 4.79 Å². The minimum absolute atomic E-state index is 0.170. The third-order valence-corrected chi connectivity index (χ3v) is 4.91. The molecule has 23 heavy (non-hydrogen) atoms. The average Bonchev–Trinajstić information content (AvgIpc) is 2.53. The summed E-state index contributed by atoms with van der Waals surface area (Å²) >= 11 is 12.0. The average molecular weight is 358 g/mol. The van der Waals surface area contributed by atoms with Crippen LogP contribution in [-0.2, 0) is 11.3 Å². The van der Waals surface area contributed by atoms with Crippen molar-refractivity contribution in [2.24, 2.45) is 0 Å². The van der Waals surface area contributed by atoms with Crippen LogP contribution in [0.15, 0.2) is 18.2 Å². The molecule has 0 atom stereocenters. The Morgan fingerprint density at radius 3 is 2.65 bits per heavy atom. The van der Waals surface area contributed by atoms with Crippen LogP contribution in [0.5, 0.6) is 0 Å². The topological polar surface area (TPSA) is 44.4 Å². The van der Waals surface area contributed by atoms with Crippen molar-refractivity contribution in [2.45, 2.75) is 38.3 Å². The number of nitrogens with zero attached hydrogens (tertiary/aromatic N) is 1. The van der Waals surface area contributed by atoms with E-state index in [0.29, 0.717) is 22.5 Å². The molecule has 0 aromatic heterocycles. The van der Waals surface area contributed by atoms with E-state index in [0.717, 1.165) is 45.4 Å². The second kappa shape index (κ2) is 9.48. The molecule has 1 amide bonds. The Bertz CT molecular complexity index is 517. The van der Waals surface area contributed by atoms with Crippen LogP contribution in [0.1, 0.15) is 31.2 Å². The molecule has 0 radical (unpaired) electrons. The predicted molar refractivity (Wildman–Crippen MR) is 96.1 cm³/mol. The summed E-state index contributed by atoms with van der Waals surface area (Å²) in [5, 5.41) is 7.40. The number of benzene rings is 1. The Morgan fingerprint density at radius 2 is 2.00 bits per heavy atom. The molecule has 1 aromatic rings. The Hall–Kier alpha value is -0.810. The second-order valence-corrected chi connectivity index (χ2v) is 6.89. The Kier molecular flexibility index (Phi) is 7.63. The maximum atomic E-state index is 11.8. The molecule has 0 aliphatic carbocycles. The number of halogens is 2. The lowest BCUT2D eigenvalue weighted by molar-refractivity contribution is -0.122. The van der Waals surface area contributed by atoms with Crippen LogP contribution >= 0.6 is 23.2 Å². The number of likely N-dealkylation sites (tertiary alicyclic amines) is 1. The highest BCUT2D eigenvalue weighted by atomic mass is 35.5. The van der Waals surface area contributed by atoms with Gasteiger partial charge in [0, 0.05) is 32.1 Å². The lowest BCUT2D eigenvalue weighted by Crippen LogP contribution is -2.44. The number of piperidine rings is 1. The highest BCUT2D eigenvalue weighted by Gasteiger charge is 2.20. The number of carbonyl (C=O) groups is 1. The van der Waals surface area contributed by atoms with Gasteiger partial charge in [0.2, 0.25) is 5.91 Å². The largest absolute Gasteiger partial charge is 0.353 e. The van der Waals surface area contributed by atoms with Crippen molar-refractivity contribution in [1.29, 1.82) is 0 Å². The predicted octanol–water partition coefficient (Wildman–Crippen LogP) is 3.07. The van der Waals surface area contributed by atoms with E-state index in [9.17, 15) is 4.79 Å². The van der Waals surface area contributed by atoms with Crippen molar-refractivity contribution in [3.63, 3.8) is 0 Å². The van der Waals surface area contributed by atoms with Gasteiger partial charge in [0.25, 0.3) is 0 Å². The molecule has 2 N–H and O–H groups in total. The summed E-state index contributed by atoms with van der Waals surface area (Å²) in [5.41, 5.74) is 1.17. The van der Waals surface area contributed by atoms with Gasteiger partial charge in [0.05, 0.1) is 10.0 Å². The Morgan fingerprint density at radius 1 is 1.26 bits per heavy atom. The molecular weight excluding hydrogens is 333 g/mol. The first-order chi connectivity index (χ1) is 11.1. The van der Waals surface area contributed by atoms with Gasteiger partial charge >= 0.3 is 0 Å². The van der Waals surface area contributed by atoms with E-state index in [2.05, 4.69) is 15.5 Å². The molecule has 1 fully saturated rings. The molecule has 0 unspecified atom stereocenters. The van der Waals surface area contributed by atoms with Crippen LogP contribution in [0.25, 0.3) is 0 Å². The van der Waals surface area contributed by atoms with E-state index in [1.807, 2.05) is 25.2 Å². The van der Waals surface area contributed by atoms with Gasteiger partial charge in [-0.2, -0.15) is 0 Å². The van der Waals surface area contributed by atoms with Crippen molar-refractivity contribution in [3.8, 4) is 0 Å². The lowest BCUT2D eigenvalue weighted by Gasteiger charge is -2.32. The summed E-state index contributed by atoms with van der Waals surface area (Å²) in [6, 6.07) is 6.10. The monoisotopic (exact) mass is 357 g/mol. The van der Waals surface area contributed by atoms with Crippen LogP contribution < -0.4 is 10.6 Å². The SMILES string of the molecule is CNCCCC(=O)NC1CCN(Cc2ccc(Cl)c(Cl)c2)CC1. The van der Waals surface area contributed by atoms with Crippen LogP contribution in [0, 0.1) is 0 Å². The molecule has 1 aliphatic rings. The normalized spacial score (nSPS) is 16.5. The van der Waals surface area contributed by atoms with Gasteiger partial charge in [-0.3, -0.25) is 9.69 Å². The van der Waals surface area contributed by atoms with Gasteiger partial charge in [-0.1, -0.05) is 29.3 Å². The van der Waals surface area contributed by atoms with E-state index < -0.39 is 0 Å². The van der Waals surface area contributed by atoms with Crippen LogP contribution in [0.2, 0.25) is 10.0 Å². The van der Waals surface area contributed by atoms with Gasteiger partial charge in [-0.15, -0.1) is 0 Å². The van der Waals surface area contributed by atoms with Crippen molar-refractivity contribution >= 4 is 29.1 Å². The van der Waals surface area contributed by atoms with Crippen LogP contribution in [0.4, 0.5) is 0 Å². The summed E-state index contributed by atoms with van der Waals surface area (Å²) in [7, 11) is 1.90. The van der Waals surface area contributed by atoms with E-state index in [1.54, 1.807) is 0 Å². The maximum absolute atomic E-state index is 11.8. The molecule has 1 heterocycles. The van der Waals surface area contributed by atoms with E-state index >= 15 is 0 Å². The molecule has 2 rings (SSSR count). The molecule has 0 bridgehead atoms. The molecule has 1 aromatic carbocycles. The zero-order chi connectivity index (χ0) is 16.7. The van der Waals surface area contributed by atoms with Gasteiger partial charge in [0.1, 0.15) is 0 Å². The molecule has 0 spiro atoms. The summed E-state index contributed by atoms with van der Waals surface area (Å²) in [4.78, 5) is 14.2. The Labute approximate surface area is 148 Å². The smallest absolute Gasteiger partial charge is 0.220 e. The number of carbonyl (C=O) groups excluding carboxylic acids is 1. The summed E-state index contributed by atoms with van der Waals surface area (Å²) in [5.74, 6) is 0.170. The highest BCUT2D eigenvalue weighted by Crippen LogP contribution is 2.24. The number of rotatable bonds is 7. The summed E-state index contributed by atoms with van der Waals surface area (Å²) in [6.45, 7) is 3.73. The third kappa shape index (κ3) is 6.30. The first-order valence-corrected chi connectivity index (χ1v) is 8.94. The van der Waals surface area contributed by atoms with Gasteiger partial charge in [0.15, 0.2) is 0 Å². The molecule has 0 saturated carbocycles. The molecule has 1 saturated heterocycles. The number of hydrogen-bond acceptors (Lipinski definition) is 3. The maximum Gasteiger partial charge on any atom is 0.220 e. The van der Waals surface area contributed by atoms with Crippen LogP contribution in [-0.4, -0.2) is 43.5 Å².